The second-order valence-electron chi connectivity index (χ2n) is 3.38. The van der Waals surface area contributed by atoms with Crippen molar-refractivity contribution >= 4 is 11.9 Å². The number of amides is 1. The van der Waals surface area contributed by atoms with E-state index in [1.54, 1.807) is 0 Å². The number of rotatable bonds is 6. The number of unbranched alkanes of at least 4 members (excludes halogenated alkanes) is 2. The van der Waals surface area contributed by atoms with E-state index in [0.29, 0.717) is 6.54 Å². The Morgan fingerprint density at radius 3 is 2.12 bits per heavy atom. The maximum absolute atomic E-state index is 10.8. The van der Waals surface area contributed by atoms with Gasteiger partial charge in [-0.2, -0.15) is 0 Å². The van der Waals surface area contributed by atoms with Gasteiger partial charge in [-0.1, -0.05) is 40.0 Å². The first-order valence-electron chi connectivity index (χ1n) is 5.77. The summed E-state index contributed by atoms with van der Waals surface area (Å²) in [6, 6.07) is 0. The van der Waals surface area contributed by atoms with Crippen LogP contribution in [0.4, 0.5) is 0 Å². The highest BCUT2D eigenvalue weighted by atomic mass is 16.4. The molecular formula is C12H23NO3. The molecule has 0 aromatic heterocycles. The van der Waals surface area contributed by atoms with Gasteiger partial charge >= 0.3 is 5.97 Å². The number of carboxylic acids is 1. The average molecular weight is 229 g/mol. The SMILES string of the molecule is CCC.CCCCCNC(=O)/C=C\C(=O)O. The summed E-state index contributed by atoms with van der Waals surface area (Å²) in [6.07, 6.45) is 6.20. The lowest BCUT2D eigenvalue weighted by Gasteiger charge is -1.99. The van der Waals surface area contributed by atoms with Crippen LogP contribution in [-0.2, 0) is 9.59 Å². The Hall–Kier alpha value is -1.32. The topological polar surface area (TPSA) is 66.4 Å². The summed E-state index contributed by atoms with van der Waals surface area (Å²) >= 11 is 0. The standard InChI is InChI=1S/C9H15NO3.C3H8/c1-2-3-4-7-10-8(11)5-6-9(12)13;1-3-2/h5-6H,2-4,7H2,1H3,(H,10,11)(H,12,13);3H2,1-2H3/b6-5-;. The molecule has 4 nitrogen and oxygen atoms in total. The van der Waals surface area contributed by atoms with Crippen LogP contribution in [-0.4, -0.2) is 23.5 Å². The highest BCUT2D eigenvalue weighted by Gasteiger charge is 1.94. The van der Waals surface area contributed by atoms with Gasteiger partial charge in [0.05, 0.1) is 0 Å². The van der Waals surface area contributed by atoms with Crippen molar-refractivity contribution in [2.24, 2.45) is 0 Å². The third-order valence-corrected chi connectivity index (χ3v) is 1.46. The van der Waals surface area contributed by atoms with Gasteiger partial charge in [-0.3, -0.25) is 4.79 Å². The van der Waals surface area contributed by atoms with Gasteiger partial charge in [0.25, 0.3) is 0 Å². The number of aliphatic carboxylic acids is 1. The zero-order valence-corrected chi connectivity index (χ0v) is 10.5. The first-order chi connectivity index (χ1) is 7.58. The van der Waals surface area contributed by atoms with Gasteiger partial charge in [0, 0.05) is 18.7 Å². The van der Waals surface area contributed by atoms with Gasteiger partial charge < -0.3 is 10.4 Å². The molecule has 0 fully saturated rings. The molecule has 0 heterocycles. The third kappa shape index (κ3) is 18.5. The van der Waals surface area contributed by atoms with Crippen molar-refractivity contribution in [3.63, 3.8) is 0 Å². The molecule has 2 N–H and O–H groups in total. The van der Waals surface area contributed by atoms with E-state index in [-0.39, 0.29) is 5.91 Å². The van der Waals surface area contributed by atoms with Crippen LogP contribution in [0.2, 0.25) is 0 Å². The smallest absolute Gasteiger partial charge is 0.328 e. The van der Waals surface area contributed by atoms with Crippen molar-refractivity contribution in [2.75, 3.05) is 6.54 Å². The molecule has 0 bridgehead atoms. The second kappa shape index (κ2) is 13.7. The quantitative estimate of drug-likeness (QED) is 0.542. The van der Waals surface area contributed by atoms with Crippen molar-refractivity contribution in [2.45, 2.75) is 46.5 Å². The molecular weight excluding hydrogens is 206 g/mol. The summed E-state index contributed by atoms with van der Waals surface area (Å²) in [5, 5.41) is 10.8. The molecule has 0 aliphatic heterocycles. The number of hydrogen-bond donors (Lipinski definition) is 2. The van der Waals surface area contributed by atoms with E-state index in [1.807, 2.05) is 0 Å². The fourth-order valence-electron chi connectivity index (χ4n) is 0.792. The van der Waals surface area contributed by atoms with E-state index in [4.69, 9.17) is 5.11 Å². The molecule has 0 aliphatic rings. The molecule has 0 aromatic rings. The minimum atomic E-state index is -1.11. The zero-order chi connectivity index (χ0) is 12.8. The van der Waals surface area contributed by atoms with E-state index in [9.17, 15) is 9.59 Å². The summed E-state index contributed by atoms with van der Waals surface area (Å²) in [5.41, 5.74) is 0. The van der Waals surface area contributed by atoms with Crippen LogP contribution in [0.5, 0.6) is 0 Å². The van der Waals surface area contributed by atoms with Crippen molar-refractivity contribution in [3.8, 4) is 0 Å². The van der Waals surface area contributed by atoms with Crippen LogP contribution in [0.15, 0.2) is 12.2 Å². The van der Waals surface area contributed by atoms with Gasteiger partial charge in [-0.05, 0) is 6.42 Å². The maximum atomic E-state index is 10.8. The molecule has 16 heavy (non-hydrogen) atoms. The fraction of sp³-hybridized carbons (Fsp3) is 0.667. The highest BCUT2D eigenvalue weighted by molar-refractivity contribution is 5.93. The van der Waals surface area contributed by atoms with Crippen LogP contribution in [0.1, 0.15) is 46.5 Å². The van der Waals surface area contributed by atoms with Crippen LogP contribution in [0, 0.1) is 0 Å². The normalized spacial score (nSPS) is 9.44. The van der Waals surface area contributed by atoms with E-state index in [0.717, 1.165) is 31.4 Å². The molecule has 0 unspecified atom stereocenters. The Morgan fingerprint density at radius 2 is 1.69 bits per heavy atom. The van der Waals surface area contributed by atoms with Gasteiger partial charge in [0.15, 0.2) is 0 Å². The van der Waals surface area contributed by atoms with Crippen molar-refractivity contribution in [1.29, 1.82) is 0 Å². The molecule has 0 spiro atoms. The predicted octanol–water partition coefficient (Wildman–Crippen LogP) is 2.35. The molecule has 1 amide bonds. The summed E-state index contributed by atoms with van der Waals surface area (Å²) in [4.78, 5) is 20.9. The van der Waals surface area contributed by atoms with Crippen molar-refractivity contribution in [3.05, 3.63) is 12.2 Å². The summed E-state index contributed by atoms with van der Waals surface area (Å²) in [5.74, 6) is -1.46. The lowest BCUT2D eigenvalue weighted by molar-refractivity contribution is -0.131. The van der Waals surface area contributed by atoms with Crippen LogP contribution >= 0.6 is 0 Å². The Kier molecular flexibility index (Phi) is 14.6. The lowest BCUT2D eigenvalue weighted by atomic mass is 10.2. The Morgan fingerprint density at radius 1 is 1.12 bits per heavy atom. The monoisotopic (exact) mass is 229 g/mol. The van der Waals surface area contributed by atoms with E-state index >= 15 is 0 Å². The van der Waals surface area contributed by atoms with Crippen LogP contribution in [0.3, 0.4) is 0 Å². The Bertz CT molecular complexity index is 212. The lowest BCUT2D eigenvalue weighted by Crippen LogP contribution is -2.22. The van der Waals surface area contributed by atoms with E-state index < -0.39 is 5.97 Å². The van der Waals surface area contributed by atoms with E-state index in [1.165, 1.54) is 6.42 Å². The maximum Gasteiger partial charge on any atom is 0.328 e. The molecule has 0 saturated carbocycles. The number of carbonyl (C=O) groups is 2. The van der Waals surface area contributed by atoms with Gasteiger partial charge in [-0.25, -0.2) is 4.79 Å². The average Bonchev–Trinajstić information content (AvgIpc) is 2.23. The third-order valence-electron chi connectivity index (χ3n) is 1.46. The molecule has 0 saturated heterocycles. The fourth-order valence-corrected chi connectivity index (χ4v) is 0.792. The van der Waals surface area contributed by atoms with Crippen molar-refractivity contribution < 1.29 is 14.7 Å². The van der Waals surface area contributed by atoms with Crippen LogP contribution in [0.25, 0.3) is 0 Å². The molecule has 0 radical (unpaired) electrons. The largest absolute Gasteiger partial charge is 0.478 e. The second-order valence-corrected chi connectivity index (χ2v) is 3.38. The molecule has 4 heteroatoms. The summed E-state index contributed by atoms with van der Waals surface area (Å²) < 4.78 is 0. The van der Waals surface area contributed by atoms with Gasteiger partial charge in [-0.15, -0.1) is 0 Å². The molecule has 0 aliphatic carbocycles. The van der Waals surface area contributed by atoms with E-state index in [2.05, 4.69) is 26.1 Å². The predicted molar refractivity (Wildman–Crippen MR) is 65.3 cm³/mol. The van der Waals surface area contributed by atoms with Crippen LogP contribution < -0.4 is 5.32 Å². The molecule has 0 aromatic carbocycles. The molecule has 0 rings (SSSR count). The highest BCUT2D eigenvalue weighted by Crippen LogP contribution is 1.90. The summed E-state index contributed by atoms with van der Waals surface area (Å²) in [7, 11) is 0. The molecule has 0 atom stereocenters. The minimum Gasteiger partial charge on any atom is -0.478 e. The number of nitrogens with one attached hydrogen (secondary N) is 1. The number of carboxylic acid groups (broad SMARTS) is 1. The summed E-state index contributed by atoms with van der Waals surface area (Å²) in [6.45, 7) is 6.93. The Balaban J connectivity index is 0. The minimum absolute atomic E-state index is 0.349. The van der Waals surface area contributed by atoms with Gasteiger partial charge in [0.2, 0.25) is 5.91 Å². The molecule has 94 valence electrons. The first kappa shape index (κ1) is 17.1. The Labute approximate surface area is 97.7 Å². The van der Waals surface area contributed by atoms with Gasteiger partial charge in [0.1, 0.15) is 0 Å². The zero-order valence-electron chi connectivity index (χ0n) is 10.5. The number of carbonyl (C=O) groups excluding carboxylic acids is 1. The van der Waals surface area contributed by atoms with Crippen molar-refractivity contribution in [1.82, 2.24) is 5.32 Å². The first-order valence-corrected chi connectivity index (χ1v) is 5.77. The number of hydrogen-bond acceptors (Lipinski definition) is 2.